The highest BCUT2D eigenvalue weighted by molar-refractivity contribution is 6.09. The van der Waals surface area contributed by atoms with Crippen molar-refractivity contribution < 1.29 is 27.8 Å². The second-order valence-corrected chi connectivity index (χ2v) is 8.08. The molecule has 0 radical (unpaired) electrons. The van der Waals surface area contributed by atoms with Gasteiger partial charge in [-0.1, -0.05) is 18.2 Å². The average Bonchev–Trinajstić information content (AvgIpc) is 3.31. The number of rotatable bonds is 3. The van der Waals surface area contributed by atoms with Gasteiger partial charge in [0.25, 0.3) is 6.43 Å². The van der Waals surface area contributed by atoms with Gasteiger partial charge >= 0.3 is 0 Å². The molecule has 4 heterocycles. The molecule has 2 atom stereocenters. The second kappa shape index (κ2) is 6.91. The summed E-state index contributed by atoms with van der Waals surface area (Å²) in [6, 6.07) is 13.9. The maximum Gasteiger partial charge on any atom is 0.265 e. The monoisotopic (exact) mass is 436 g/mol. The molecule has 3 aromatic rings. The van der Waals surface area contributed by atoms with E-state index in [9.17, 15) is 13.6 Å². The number of amides is 1. The van der Waals surface area contributed by atoms with Crippen LogP contribution in [0.1, 0.15) is 28.8 Å². The van der Waals surface area contributed by atoms with Crippen molar-refractivity contribution >= 4 is 11.6 Å². The predicted molar refractivity (Wildman–Crippen MR) is 111 cm³/mol. The molecule has 0 bridgehead atoms. The summed E-state index contributed by atoms with van der Waals surface area (Å²) in [5.41, 5.74) is 1.53. The number of benzene rings is 2. The highest BCUT2D eigenvalue weighted by Crippen LogP contribution is 2.53. The van der Waals surface area contributed by atoms with Crippen molar-refractivity contribution in [1.29, 1.82) is 0 Å². The largest absolute Gasteiger partial charge is 0.491 e. The first kappa shape index (κ1) is 19.0. The van der Waals surface area contributed by atoms with Crippen molar-refractivity contribution in [2.24, 2.45) is 0 Å². The van der Waals surface area contributed by atoms with Crippen LogP contribution < -0.4 is 19.5 Å². The lowest BCUT2D eigenvalue weighted by Gasteiger charge is -2.28. The fraction of sp³-hybridized carbons (Fsp3) is 0.250. The Morgan fingerprint density at radius 2 is 1.94 bits per heavy atom. The number of para-hydroxylation sites is 1. The van der Waals surface area contributed by atoms with Gasteiger partial charge in [-0.3, -0.25) is 9.78 Å². The molecule has 3 aliphatic rings. The minimum absolute atomic E-state index is 0.109. The highest BCUT2D eigenvalue weighted by atomic mass is 19.3. The topological polar surface area (TPSA) is 69.7 Å². The SMILES string of the molecule is O=C1Nc2ccccc2C12COc1cc3c(cc12)OC(Cc1ncccc1C(F)F)CO3. The third-order valence-electron chi connectivity index (χ3n) is 6.27. The number of alkyl halides is 2. The zero-order valence-corrected chi connectivity index (χ0v) is 16.8. The van der Waals surface area contributed by atoms with Gasteiger partial charge in [-0.05, 0) is 29.8 Å². The van der Waals surface area contributed by atoms with E-state index >= 15 is 0 Å². The number of aromatic nitrogens is 1. The Bertz CT molecular complexity index is 1250. The van der Waals surface area contributed by atoms with E-state index in [0.29, 0.717) is 22.8 Å². The summed E-state index contributed by atoms with van der Waals surface area (Å²) in [6.45, 7) is 0.378. The van der Waals surface area contributed by atoms with Crippen molar-refractivity contribution in [3.8, 4) is 17.2 Å². The van der Waals surface area contributed by atoms with Crippen LogP contribution >= 0.6 is 0 Å². The van der Waals surface area contributed by atoms with Gasteiger partial charge in [-0.15, -0.1) is 0 Å². The molecule has 0 fully saturated rings. The molecule has 162 valence electrons. The average molecular weight is 436 g/mol. The van der Waals surface area contributed by atoms with Crippen molar-refractivity contribution in [2.45, 2.75) is 24.4 Å². The minimum Gasteiger partial charge on any atom is -0.491 e. The van der Waals surface area contributed by atoms with E-state index in [1.165, 1.54) is 18.3 Å². The Balaban J connectivity index is 1.35. The number of nitrogens with one attached hydrogen (secondary N) is 1. The number of carbonyl (C=O) groups excluding carboxylic acids is 1. The number of anilines is 1. The first-order chi connectivity index (χ1) is 15.6. The quantitative estimate of drug-likeness (QED) is 0.671. The number of carbonyl (C=O) groups is 1. The summed E-state index contributed by atoms with van der Waals surface area (Å²) in [5.74, 6) is 1.37. The Morgan fingerprint density at radius 1 is 1.06 bits per heavy atom. The summed E-state index contributed by atoms with van der Waals surface area (Å²) in [7, 11) is 0. The smallest absolute Gasteiger partial charge is 0.265 e. The summed E-state index contributed by atoms with van der Waals surface area (Å²) in [6.07, 6.45) is -1.43. The maximum absolute atomic E-state index is 13.3. The molecule has 1 amide bonds. The first-order valence-corrected chi connectivity index (χ1v) is 10.3. The number of fused-ring (bicyclic) bond motifs is 5. The molecule has 32 heavy (non-hydrogen) atoms. The Hall–Kier alpha value is -3.68. The molecule has 3 aliphatic heterocycles. The fourth-order valence-corrected chi connectivity index (χ4v) is 4.72. The van der Waals surface area contributed by atoms with Gasteiger partial charge in [0.05, 0.1) is 5.69 Å². The fourth-order valence-electron chi connectivity index (χ4n) is 4.72. The summed E-state index contributed by atoms with van der Waals surface area (Å²) >= 11 is 0. The molecule has 1 N–H and O–H groups in total. The van der Waals surface area contributed by atoms with Crippen LogP contribution in [-0.4, -0.2) is 30.2 Å². The van der Waals surface area contributed by atoms with Crippen molar-refractivity contribution in [2.75, 3.05) is 18.5 Å². The van der Waals surface area contributed by atoms with Gasteiger partial charge in [0.1, 0.15) is 30.5 Å². The molecular formula is C24H18F2N2O4. The van der Waals surface area contributed by atoms with Crippen LogP contribution in [0, 0.1) is 0 Å². The van der Waals surface area contributed by atoms with Crippen LogP contribution in [0.5, 0.6) is 17.2 Å². The maximum atomic E-state index is 13.3. The number of halogens is 2. The molecule has 0 saturated carbocycles. The summed E-state index contributed by atoms with van der Waals surface area (Å²) in [5, 5.41) is 2.94. The number of nitrogens with zero attached hydrogens (tertiary/aromatic N) is 1. The molecular weight excluding hydrogens is 418 g/mol. The Labute approximate surface area is 182 Å². The molecule has 6 nitrogen and oxygen atoms in total. The zero-order chi connectivity index (χ0) is 21.9. The van der Waals surface area contributed by atoms with E-state index in [1.807, 2.05) is 24.3 Å². The highest BCUT2D eigenvalue weighted by Gasteiger charge is 2.54. The lowest BCUT2D eigenvalue weighted by Crippen LogP contribution is -2.37. The Morgan fingerprint density at radius 3 is 2.81 bits per heavy atom. The van der Waals surface area contributed by atoms with Crippen molar-refractivity contribution in [3.63, 3.8) is 0 Å². The van der Waals surface area contributed by atoms with Crippen LogP contribution in [0.3, 0.4) is 0 Å². The molecule has 8 heteroatoms. The third kappa shape index (κ3) is 2.68. The van der Waals surface area contributed by atoms with E-state index in [2.05, 4.69) is 10.3 Å². The van der Waals surface area contributed by atoms with E-state index in [-0.39, 0.29) is 36.8 Å². The molecule has 1 aromatic heterocycles. The lowest BCUT2D eigenvalue weighted by atomic mass is 9.77. The number of ether oxygens (including phenoxy) is 3. The van der Waals surface area contributed by atoms with Gasteiger partial charge < -0.3 is 19.5 Å². The van der Waals surface area contributed by atoms with Crippen LogP contribution in [0.4, 0.5) is 14.5 Å². The third-order valence-corrected chi connectivity index (χ3v) is 6.27. The minimum atomic E-state index is -2.61. The molecule has 1 spiro atoms. The van der Waals surface area contributed by atoms with E-state index in [1.54, 1.807) is 12.1 Å². The van der Waals surface area contributed by atoms with Gasteiger partial charge in [0.2, 0.25) is 5.91 Å². The first-order valence-electron chi connectivity index (χ1n) is 10.3. The second-order valence-electron chi connectivity index (χ2n) is 8.08. The van der Waals surface area contributed by atoms with Gasteiger partial charge in [-0.2, -0.15) is 0 Å². The van der Waals surface area contributed by atoms with Crippen LogP contribution in [-0.2, 0) is 16.6 Å². The Kier molecular flexibility index (Phi) is 4.11. The van der Waals surface area contributed by atoms with Crippen molar-refractivity contribution in [3.05, 3.63) is 77.1 Å². The van der Waals surface area contributed by atoms with E-state index in [4.69, 9.17) is 14.2 Å². The molecule has 0 saturated heterocycles. The number of pyridine rings is 1. The molecule has 6 rings (SSSR count). The molecule has 2 unspecified atom stereocenters. The normalized spacial score (nSPS) is 22.5. The number of hydrogen-bond acceptors (Lipinski definition) is 5. The van der Waals surface area contributed by atoms with Crippen LogP contribution in [0.15, 0.2) is 54.7 Å². The number of hydrogen-bond donors (Lipinski definition) is 1. The van der Waals surface area contributed by atoms with Crippen LogP contribution in [0.2, 0.25) is 0 Å². The van der Waals surface area contributed by atoms with Gasteiger partial charge in [0.15, 0.2) is 11.5 Å². The van der Waals surface area contributed by atoms with E-state index in [0.717, 1.165) is 11.3 Å². The molecule has 0 aliphatic carbocycles. The standard InChI is InChI=1S/C24H18F2N2O4/c25-22(26)14-4-3-7-27-18(14)8-13-11-30-20-10-19-16(9-21(20)32-13)24(12-31-19)15-5-1-2-6-17(15)28-23(24)29/h1-7,9-10,13,22H,8,11-12H2,(H,28,29). The van der Waals surface area contributed by atoms with Crippen LogP contribution in [0.25, 0.3) is 0 Å². The summed E-state index contributed by atoms with van der Waals surface area (Å²) < 4.78 is 44.6. The molecule has 2 aromatic carbocycles. The lowest BCUT2D eigenvalue weighted by molar-refractivity contribution is -0.119. The summed E-state index contributed by atoms with van der Waals surface area (Å²) in [4.78, 5) is 17.2. The predicted octanol–water partition coefficient (Wildman–Crippen LogP) is 4.03. The van der Waals surface area contributed by atoms with Gasteiger partial charge in [0, 0.05) is 35.5 Å². The van der Waals surface area contributed by atoms with Crippen molar-refractivity contribution in [1.82, 2.24) is 4.98 Å². The van der Waals surface area contributed by atoms with E-state index < -0.39 is 17.9 Å². The zero-order valence-electron chi connectivity index (χ0n) is 16.8. The van der Waals surface area contributed by atoms with Gasteiger partial charge in [-0.25, -0.2) is 8.78 Å².